The number of carboxylic acid groups (broad SMARTS) is 1. The summed E-state index contributed by atoms with van der Waals surface area (Å²) in [5, 5.41) is 8.31. The molecule has 0 saturated heterocycles. The number of alkyl halides is 3. The largest absolute Gasteiger partial charge is 0.522 e. The average molecular weight is 184 g/mol. The first-order valence-electron chi connectivity index (χ1n) is 3.36. The third-order valence-electron chi connectivity index (χ3n) is 1.74. The average Bonchev–Trinajstić information content (AvgIpc) is 1.74. The fraction of sp³-hybridized carbons (Fsp3) is 0.833. The maximum absolute atomic E-state index is 11.5. The molecule has 1 saturated carbocycles. The summed E-state index contributed by atoms with van der Waals surface area (Å²) in [6, 6.07) is 0. The fourth-order valence-corrected chi connectivity index (χ4v) is 1.05. The van der Waals surface area contributed by atoms with E-state index in [-0.39, 0.29) is 12.8 Å². The lowest BCUT2D eigenvalue weighted by atomic mass is 9.82. The van der Waals surface area contributed by atoms with Crippen LogP contribution in [0.4, 0.5) is 13.2 Å². The topological polar surface area (TPSA) is 46.5 Å². The zero-order valence-corrected chi connectivity index (χ0v) is 5.97. The van der Waals surface area contributed by atoms with Crippen LogP contribution in [0.25, 0.3) is 0 Å². The van der Waals surface area contributed by atoms with Crippen LogP contribution >= 0.6 is 0 Å². The highest BCUT2D eigenvalue weighted by molar-refractivity contribution is 5.71. The van der Waals surface area contributed by atoms with Gasteiger partial charge < -0.3 is 5.11 Å². The zero-order chi connectivity index (χ0) is 9.35. The SMILES string of the molecule is O=C(O)[C@H]1C[C@H](OC(F)(F)F)C1. The minimum atomic E-state index is -4.64. The molecule has 0 atom stereocenters. The standard InChI is InChI=1S/C6H7F3O3/c7-6(8,9)12-4-1-3(2-4)5(10)11/h3-4H,1-2H2,(H,10,11)/t3-,4-. The smallest absolute Gasteiger partial charge is 0.481 e. The third-order valence-corrected chi connectivity index (χ3v) is 1.74. The van der Waals surface area contributed by atoms with E-state index in [4.69, 9.17) is 5.11 Å². The Morgan fingerprint density at radius 2 is 1.92 bits per heavy atom. The molecule has 1 N–H and O–H groups in total. The molecule has 0 amide bonds. The van der Waals surface area contributed by atoms with E-state index < -0.39 is 24.4 Å². The summed E-state index contributed by atoms with van der Waals surface area (Å²) in [6.07, 6.45) is -5.70. The lowest BCUT2D eigenvalue weighted by molar-refractivity contribution is -0.353. The van der Waals surface area contributed by atoms with Gasteiger partial charge in [0.2, 0.25) is 0 Å². The molecule has 0 radical (unpaired) electrons. The van der Waals surface area contributed by atoms with Gasteiger partial charge in [0, 0.05) is 0 Å². The Labute approximate surface area is 66.1 Å². The van der Waals surface area contributed by atoms with Crippen molar-refractivity contribution < 1.29 is 27.8 Å². The van der Waals surface area contributed by atoms with Crippen molar-refractivity contribution in [3.8, 4) is 0 Å². The summed E-state index contributed by atoms with van der Waals surface area (Å²) < 4.78 is 38.0. The molecule has 12 heavy (non-hydrogen) atoms. The molecule has 70 valence electrons. The molecule has 0 spiro atoms. The molecule has 1 aliphatic carbocycles. The molecule has 6 heteroatoms. The summed E-state index contributed by atoms with van der Waals surface area (Å²) in [4.78, 5) is 10.2. The van der Waals surface area contributed by atoms with Gasteiger partial charge in [-0.1, -0.05) is 0 Å². The molecule has 1 rings (SSSR count). The molecule has 3 nitrogen and oxygen atoms in total. The van der Waals surface area contributed by atoms with E-state index in [1.807, 2.05) is 0 Å². The van der Waals surface area contributed by atoms with Crippen molar-refractivity contribution in [2.24, 2.45) is 5.92 Å². The first-order valence-corrected chi connectivity index (χ1v) is 3.36. The Kier molecular flexibility index (Phi) is 2.27. The van der Waals surface area contributed by atoms with Gasteiger partial charge in [0.1, 0.15) is 0 Å². The van der Waals surface area contributed by atoms with Crippen LogP contribution < -0.4 is 0 Å². The highest BCUT2D eigenvalue weighted by Gasteiger charge is 2.42. The van der Waals surface area contributed by atoms with Crippen LogP contribution in [-0.2, 0) is 9.53 Å². The minimum Gasteiger partial charge on any atom is -0.481 e. The van der Waals surface area contributed by atoms with Gasteiger partial charge in [0.25, 0.3) is 0 Å². The normalized spacial score (nSPS) is 29.6. The monoisotopic (exact) mass is 184 g/mol. The van der Waals surface area contributed by atoms with Gasteiger partial charge in [-0.15, -0.1) is 13.2 Å². The van der Waals surface area contributed by atoms with E-state index in [2.05, 4.69) is 4.74 Å². The van der Waals surface area contributed by atoms with Gasteiger partial charge in [0.15, 0.2) is 0 Å². The molecular weight excluding hydrogens is 177 g/mol. The van der Waals surface area contributed by atoms with Gasteiger partial charge in [-0.25, -0.2) is 0 Å². The number of rotatable bonds is 2. The summed E-state index contributed by atoms with van der Waals surface area (Å²) in [5.74, 6) is -1.73. The molecule has 0 aliphatic heterocycles. The predicted molar refractivity (Wildman–Crippen MR) is 31.3 cm³/mol. The van der Waals surface area contributed by atoms with E-state index in [1.165, 1.54) is 0 Å². The van der Waals surface area contributed by atoms with E-state index in [1.54, 1.807) is 0 Å². The number of hydrogen-bond acceptors (Lipinski definition) is 2. The van der Waals surface area contributed by atoms with Gasteiger partial charge in [0.05, 0.1) is 12.0 Å². The summed E-state index contributed by atoms with van der Waals surface area (Å²) in [7, 11) is 0. The molecule has 0 aromatic heterocycles. The first kappa shape index (κ1) is 9.31. The third kappa shape index (κ3) is 2.37. The van der Waals surface area contributed by atoms with Crippen molar-refractivity contribution in [2.45, 2.75) is 25.3 Å². The second-order valence-electron chi connectivity index (χ2n) is 2.69. The van der Waals surface area contributed by atoms with Crippen molar-refractivity contribution in [2.75, 3.05) is 0 Å². The van der Waals surface area contributed by atoms with E-state index in [9.17, 15) is 18.0 Å². The predicted octanol–water partition coefficient (Wildman–Crippen LogP) is 1.39. The van der Waals surface area contributed by atoms with Crippen molar-refractivity contribution in [1.29, 1.82) is 0 Å². The number of carboxylic acids is 1. The highest BCUT2D eigenvalue weighted by Crippen LogP contribution is 2.34. The molecule has 0 heterocycles. The van der Waals surface area contributed by atoms with E-state index >= 15 is 0 Å². The number of halogens is 3. The van der Waals surface area contributed by atoms with Gasteiger partial charge in [-0.3, -0.25) is 9.53 Å². The second kappa shape index (κ2) is 2.93. The number of ether oxygens (including phenoxy) is 1. The highest BCUT2D eigenvalue weighted by atomic mass is 19.4. The quantitative estimate of drug-likeness (QED) is 0.705. The maximum Gasteiger partial charge on any atom is 0.522 e. The Hall–Kier alpha value is -0.780. The van der Waals surface area contributed by atoms with Crippen LogP contribution in [-0.4, -0.2) is 23.5 Å². The number of hydrogen-bond donors (Lipinski definition) is 1. The van der Waals surface area contributed by atoms with Crippen LogP contribution in [0, 0.1) is 5.92 Å². The van der Waals surface area contributed by atoms with Crippen molar-refractivity contribution in [1.82, 2.24) is 0 Å². The lowest BCUT2D eigenvalue weighted by Gasteiger charge is -2.32. The van der Waals surface area contributed by atoms with Crippen LogP contribution in [0.1, 0.15) is 12.8 Å². The molecule has 1 fully saturated rings. The number of carbonyl (C=O) groups is 1. The van der Waals surface area contributed by atoms with Crippen LogP contribution in [0.2, 0.25) is 0 Å². The van der Waals surface area contributed by atoms with E-state index in [0.717, 1.165) is 0 Å². The van der Waals surface area contributed by atoms with Crippen molar-refractivity contribution in [3.05, 3.63) is 0 Å². The summed E-state index contributed by atoms with van der Waals surface area (Å²) >= 11 is 0. The first-order chi connectivity index (χ1) is 5.38. The van der Waals surface area contributed by atoms with Crippen LogP contribution in [0.5, 0.6) is 0 Å². The molecule has 0 bridgehead atoms. The van der Waals surface area contributed by atoms with E-state index in [0.29, 0.717) is 0 Å². The van der Waals surface area contributed by atoms with Crippen LogP contribution in [0.15, 0.2) is 0 Å². The van der Waals surface area contributed by atoms with Crippen molar-refractivity contribution in [3.63, 3.8) is 0 Å². The van der Waals surface area contributed by atoms with Crippen LogP contribution in [0.3, 0.4) is 0 Å². The molecule has 0 aromatic carbocycles. The fourth-order valence-electron chi connectivity index (χ4n) is 1.05. The zero-order valence-electron chi connectivity index (χ0n) is 5.97. The molecule has 0 aromatic rings. The van der Waals surface area contributed by atoms with Gasteiger partial charge in [-0.2, -0.15) is 0 Å². The Morgan fingerprint density at radius 3 is 2.25 bits per heavy atom. The summed E-state index contributed by atoms with van der Waals surface area (Å²) in [6.45, 7) is 0. The maximum atomic E-state index is 11.5. The Balaban J connectivity index is 2.22. The lowest BCUT2D eigenvalue weighted by Crippen LogP contribution is -2.39. The Bertz CT molecular complexity index is 183. The molecule has 0 unspecified atom stereocenters. The molecule has 1 aliphatic rings. The number of aliphatic carboxylic acids is 1. The summed E-state index contributed by atoms with van der Waals surface area (Å²) in [5.41, 5.74) is 0. The second-order valence-corrected chi connectivity index (χ2v) is 2.69. The molecular formula is C6H7F3O3. The Morgan fingerprint density at radius 1 is 1.42 bits per heavy atom. The minimum absolute atomic E-state index is 0.0468. The van der Waals surface area contributed by atoms with Gasteiger partial charge in [-0.05, 0) is 12.8 Å². The van der Waals surface area contributed by atoms with Crippen molar-refractivity contribution >= 4 is 5.97 Å². The van der Waals surface area contributed by atoms with Gasteiger partial charge >= 0.3 is 12.3 Å².